The first kappa shape index (κ1) is 22.7. The third kappa shape index (κ3) is 5.54. The number of pyridine rings is 2. The van der Waals surface area contributed by atoms with Crippen molar-refractivity contribution in [2.45, 2.75) is 37.9 Å². The van der Waals surface area contributed by atoms with Crippen LogP contribution in [0, 0.1) is 0 Å². The highest BCUT2D eigenvalue weighted by Crippen LogP contribution is 2.28. The van der Waals surface area contributed by atoms with Gasteiger partial charge in [0.2, 0.25) is 5.88 Å². The molecule has 5 rings (SSSR count). The molecule has 0 unspecified atom stereocenters. The fourth-order valence-electron chi connectivity index (χ4n) is 4.67. The number of benzene rings is 1. The number of amidine groups is 1. The zero-order valence-corrected chi connectivity index (χ0v) is 19.8. The Hall–Kier alpha value is -3.03. The van der Waals surface area contributed by atoms with E-state index in [2.05, 4.69) is 44.5 Å². The molecule has 2 saturated heterocycles. The maximum atomic E-state index is 6.08. The molecule has 0 radical (unpaired) electrons. The van der Waals surface area contributed by atoms with E-state index in [1.807, 2.05) is 37.6 Å². The van der Waals surface area contributed by atoms with E-state index in [9.17, 15) is 0 Å². The summed E-state index contributed by atoms with van der Waals surface area (Å²) in [7, 11) is 1.86. The molecule has 7 heteroatoms. The number of rotatable bonds is 8. The quantitative estimate of drug-likeness (QED) is 0.408. The number of likely N-dealkylation sites (tertiary alicyclic amines) is 1. The van der Waals surface area contributed by atoms with Crippen molar-refractivity contribution in [2.24, 2.45) is 4.99 Å². The Labute approximate surface area is 201 Å². The minimum Gasteiger partial charge on any atom is -0.473 e. The Morgan fingerprint density at radius 2 is 1.97 bits per heavy atom. The van der Waals surface area contributed by atoms with Crippen molar-refractivity contribution in [3.05, 3.63) is 66.1 Å². The van der Waals surface area contributed by atoms with Crippen molar-refractivity contribution in [1.82, 2.24) is 20.2 Å². The average Bonchev–Trinajstić information content (AvgIpc) is 2.86. The van der Waals surface area contributed by atoms with Gasteiger partial charge >= 0.3 is 0 Å². The highest BCUT2D eigenvalue weighted by molar-refractivity contribution is 5.84. The van der Waals surface area contributed by atoms with Gasteiger partial charge in [0.1, 0.15) is 12.4 Å². The smallest absolute Gasteiger partial charge is 0.213 e. The number of ether oxygens (including phenoxy) is 2. The van der Waals surface area contributed by atoms with Gasteiger partial charge in [-0.05, 0) is 43.8 Å². The Bertz CT molecular complexity index is 1120. The van der Waals surface area contributed by atoms with Gasteiger partial charge in [0.15, 0.2) is 0 Å². The Kier molecular flexibility index (Phi) is 7.31. The summed E-state index contributed by atoms with van der Waals surface area (Å²) in [6.45, 7) is 5.15. The standard InChI is InChI=1S/C27H33N5O2/c1-28-26(30-17-23-11-14-33-23)18-32-12-9-20(10-13-32)25-7-4-8-27(31-25)34-19-22-16-29-15-21-5-2-3-6-24(21)22/h2-8,15-16,20,23H,9-14,17-19H2,1H3,(H,28,30)/t23-/m0/s1. The molecule has 34 heavy (non-hydrogen) atoms. The van der Waals surface area contributed by atoms with E-state index in [4.69, 9.17) is 14.5 Å². The molecule has 7 nitrogen and oxygen atoms in total. The molecule has 2 aromatic heterocycles. The van der Waals surface area contributed by atoms with Gasteiger partial charge in [-0.1, -0.05) is 30.3 Å². The third-order valence-corrected chi connectivity index (χ3v) is 6.85. The fraction of sp³-hybridized carbons (Fsp3) is 0.444. The van der Waals surface area contributed by atoms with Crippen LogP contribution >= 0.6 is 0 Å². The SMILES string of the molecule is C/N=C(/CN1CCC(c2cccc(OCc3cncc4ccccc34)n2)CC1)NC[C@@H]1CCO1. The highest BCUT2D eigenvalue weighted by atomic mass is 16.5. The van der Waals surface area contributed by atoms with Gasteiger partial charge in [-0.15, -0.1) is 0 Å². The molecule has 1 aromatic carbocycles. The number of nitrogens with zero attached hydrogens (tertiary/aromatic N) is 4. The Balaban J connectivity index is 1.13. The van der Waals surface area contributed by atoms with Crippen molar-refractivity contribution >= 4 is 16.6 Å². The van der Waals surface area contributed by atoms with Crippen LogP contribution in [-0.2, 0) is 11.3 Å². The first-order valence-electron chi connectivity index (χ1n) is 12.2. The Morgan fingerprint density at radius 1 is 1.12 bits per heavy atom. The van der Waals surface area contributed by atoms with Crippen LogP contribution in [0.5, 0.6) is 5.88 Å². The number of hydrogen-bond acceptors (Lipinski definition) is 6. The zero-order chi connectivity index (χ0) is 23.2. The van der Waals surface area contributed by atoms with Crippen LogP contribution in [0.3, 0.4) is 0 Å². The molecule has 3 aromatic rings. The lowest BCUT2D eigenvalue weighted by molar-refractivity contribution is -0.0461. The summed E-state index contributed by atoms with van der Waals surface area (Å²) in [4.78, 5) is 16.1. The molecule has 1 N–H and O–H groups in total. The normalized spacial score (nSPS) is 19.7. The van der Waals surface area contributed by atoms with Gasteiger partial charge in [-0.3, -0.25) is 14.9 Å². The van der Waals surface area contributed by atoms with Crippen molar-refractivity contribution in [2.75, 3.05) is 39.8 Å². The van der Waals surface area contributed by atoms with Gasteiger partial charge in [0.05, 0.1) is 12.6 Å². The lowest BCUT2D eigenvalue weighted by Crippen LogP contribution is -2.45. The predicted octanol–water partition coefficient (Wildman–Crippen LogP) is 3.80. The molecule has 178 valence electrons. The molecule has 4 heterocycles. The van der Waals surface area contributed by atoms with E-state index in [1.165, 1.54) is 5.39 Å². The van der Waals surface area contributed by atoms with E-state index >= 15 is 0 Å². The molecule has 0 amide bonds. The first-order chi connectivity index (χ1) is 16.8. The molecule has 0 aliphatic carbocycles. The lowest BCUT2D eigenvalue weighted by Gasteiger charge is -2.33. The van der Waals surface area contributed by atoms with Crippen LogP contribution < -0.4 is 10.1 Å². The molecular weight excluding hydrogens is 426 g/mol. The van der Waals surface area contributed by atoms with Crippen molar-refractivity contribution in [1.29, 1.82) is 0 Å². The fourth-order valence-corrected chi connectivity index (χ4v) is 4.67. The van der Waals surface area contributed by atoms with Crippen LogP contribution in [0.4, 0.5) is 0 Å². The minimum absolute atomic E-state index is 0.347. The number of hydrogen-bond donors (Lipinski definition) is 1. The van der Waals surface area contributed by atoms with E-state index < -0.39 is 0 Å². The van der Waals surface area contributed by atoms with Crippen LogP contribution in [0.2, 0.25) is 0 Å². The molecule has 1 atom stereocenters. The molecular formula is C27H33N5O2. The summed E-state index contributed by atoms with van der Waals surface area (Å²) in [5.74, 6) is 2.18. The van der Waals surface area contributed by atoms with Crippen molar-refractivity contribution in [3.8, 4) is 5.88 Å². The van der Waals surface area contributed by atoms with Gasteiger partial charge in [0, 0.05) is 61.2 Å². The van der Waals surface area contributed by atoms with Gasteiger partial charge in [-0.2, -0.15) is 0 Å². The van der Waals surface area contributed by atoms with Crippen molar-refractivity contribution < 1.29 is 9.47 Å². The number of piperidine rings is 1. The van der Waals surface area contributed by atoms with Crippen LogP contribution in [-0.4, -0.2) is 66.6 Å². The largest absolute Gasteiger partial charge is 0.473 e. The van der Waals surface area contributed by atoms with Crippen LogP contribution in [0.1, 0.15) is 36.4 Å². The van der Waals surface area contributed by atoms with Crippen molar-refractivity contribution in [3.63, 3.8) is 0 Å². The van der Waals surface area contributed by atoms with Gasteiger partial charge in [0.25, 0.3) is 0 Å². The van der Waals surface area contributed by atoms with E-state index in [-0.39, 0.29) is 0 Å². The summed E-state index contributed by atoms with van der Waals surface area (Å²) in [5, 5.41) is 5.75. The number of aliphatic imine (C=N–C) groups is 1. The zero-order valence-electron chi connectivity index (χ0n) is 19.8. The molecule has 0 saturated carbocycles. The highest BCUT2D eigenvalue weighted by Gasteiger charge is 2.23. The van der Waals surface area contributed by atoms with Crippen LogP contribution in [0.15, 0.2) is 59.9 Å². The summed E-state index contributed by atoms with van der Waals surface area (Å²) < 4.78 is 11.6. The summed E-state index contributed by atoms with van der Waals surface area (Å²) in [6.07, 6.45) is 7.44. The second-order valence-electron chi connectivity index (χ2n) is 9.09. The first-order valence-corrected chi connectivity index (χ1v) is 12.2. The van der Waals surface area contributed by atoms with Gasteiger partial charge in [-0.25, -0.2) is 4.98 Å². The van der Waals surface area contributed by atoms with Crippen LogP contribution in [0.25, 0.3) is 10.8 Å². The topological polar surface area (TPSA) is 71.9 Å². The second-order valence-corrected chi connectivity index (χ2v) is 9.09. The third-order valence-electron chi connectivity index (χ3n) is 6.85. The predicted molar refractivity (Wildman–Crippen MR) is 134 cm³/mol. The number of aromatic nitrogens is 2. The minimum atomic E-state index is 0.347. The van der Waals surface area contributed by atoms with Gasteiger partial charge < -0.3 is 14.8 Å². The number of nitrogens with one attached hydrogen (secondary N) is 1. The Morgan fingerprint density at radius 3 is 2.76 bits per heavy atom. The number of fused-ring (bicyclic) bond motifs is 1. The van der Waals surface area contributed by atoms with E-state index in [1.54, 1.807) is 0 Å². The van der Waals surface area contributed by atoms with E-state index in [0.717, 1.165) is 74.5 Å². The molecule has 2 fully saturated rings. The molecule has 2 aliphatic rings. The summed E-state index contributed by atoms with van der Waals surface area (Å²) >= 11 is 0. The molecule has 2 aliphatic heterocycles. The van der Waals surface area contributed by atoms with E-state index in [0.29, 0.717) is 24.5 Å². The maximum absolute atomic E-state index is 6.08. The molecule has 0 spiro atoms. The lowest BCUT2D eigenvalue weighted by atomic mass is 9.93. The summed E-state index contributed by atoms with van der Waals surface area (Å²) in [5.41, 5.74) is 2.20. The summed E-state index contributed by atoms with van der Waals surface area (Å²) in [6, 6.07) is 14.4. The molecule has 0 bridgehead atoms. The maximum Gasteiger partial charge on any atom is 0.213 e. The second kappa shape index (κ2) is 10.9. The monoisotopic (exact) mass is 459 g/mol. The average molecular weight is 460 g/mol.